The summed E-state index contributed by atoms with van der Waals surface area (Å²) in [5.74, 6) is 0.599. The van der Waals surface area contributed by atoms with Gasteiger partial charge in [0.05, 0.1) is 5.60 Å². The summed E-state index contributed by atoms with van der Waals surface area (Å²) in [6.07, 6.45) is 5.97. The first kappa shape index (κ1) is 14.9. The van der Waals surface area contributed by atoms with Crippen LogP contribution in [0, 0.1) is 5.92 Å². The minimum atomic E-state index is 0.0856. The van der Waals surface area contributed by atoms with Gasteiger partial charge in [0.2, 0.25) is 0 Å². The highest BCUT2D eigenvalue weighted by Gasteiger charge is 2.46. The van der Waals surface area contributed by atoms with Crippen LogP contribution in [0.25, 0.3) is 0 Å². The molecule has 0 aromatic rings. The van der Waals surface area contributed by atoms with E-state index in [1.807, 2.05) is 7.11 Å². The zero-order valence-corrected chi connectivity index (χ0v) is 11.9. The number of hydrogen-bond acceptors (Lipinski definition) is 3. The number of rotatable bonds is 9. The molecule has 0 bridgehead atoms. The Kier molecular flexibility index (Phi) is 6.45. The number of ether oxygens (including phenoxy) is 2. The van der Waals surface area contributed by atoms with Crippen LogP contribution in [0.15, 0.2) is 0 Å². The van der Waals surface area contributed by atoms with Crippen molar-refractivity contribution in [1.82, 2.24) is 5.32 Å². The lowest BCUT2D eigenvalue weighted by atomic mass is 9.70. The third-order valence-corrected chi connectivity index (χ3v) is 4.13. The highest BCUT2D eigenvalue weighted by atomic mass is 16.5. The Labute approximate surface area is 106 Å². The molecule has 0 aliphatic heterocycles. The van der Waals surface area contributed by atoms with Gasteiger partial charge in [0.25, 0.3) is 0 Å². The molecule has 0 radical (unpaired) electrons. The molecule has 0 spiro atoms. The smallest absolute Gasteiger partial charge is 0.0833 e. The third kappa shape index (κ3) is 3.67. The maximum atomic E-state index is 5.83. The van der Waals surface area contributed by atoms with Gasteiger partial charge in [0.1, 0.15) is 0 Å². The van der Waals surface area contributed by atoms with Crippen LogP contribution >= 0.6 is 0 Å². The van der Waals surface area contributed by atoms with E-state index in [9.17, 15) is 0 Å². The van der Waals surface area contributed by atoms with Gasteiger partial charge in [-0.05, 0) is 44.6 Å². The molecule has 2 unspecified atom stereocenters. The summed E-state index contributed by atoms with van der Waals surface area (Å²) >= 11 is 0. The number of methoxy groups -OCH3 is 2. The van der Waals surface area contributed by atoms with Gasteiger partial charge >= 0.3 is 0 Å². The Morgan fingerprint density at radius 3 is 2.41 bits per heavy atom. The highest BCUT2D eigenvalue weighted by Crippen LogP contribution is 2.41. The van der Waals surface area contributed by atoms with Crippen LogP contribution in [-0.4, -0.2) is 39.0 Å². The Balaban J connectivity index is 2.58. The Hall–Kier alpha value is -0.120. The van der Waals surface area contributed by atoms with Crippen LogP contribution in [0.5, 0.6) is 0 Å². The van der Waals surface area contributed by atoms with E-state index in [4.69, 9.17) is 9.47 Å². The second-order valence-corrected chi connectivity index (χ2v) is 5.31. The lowest BCUT2D eigenvalue weighted by molar-refractivity contribution is -0.111. The van der Waals surface area contributed by atoms with Gasteiger partial charge in [-0.1, -0.05) is 13.8 Å². The lowest BCUT2D eigenvalue weighted by Gasteiger charge is -2.49. The summed E-state index contributed by atoms with van der Waals surface area (Å²) in [5.41, 5.74) is 0.0856. The van der Waals surface area contributed by atoms with Gasteiger partial charge in [0, 0.05) is 26.9 Å². The van der Waals surface area contributed by atoms with E-state index in [0.29, 0.717) is 12.0 Å². The van der Waals surface area contributed by atoms with Crippen molar-refractivity contribution in [3.63, 3.8) is 0 Å². The monoisotopic (exact) mass is 243 g/mol. The van der Waals surface area contributed by atoms with E-state index in [-0.39, 0.29) is 5.60 Å². The van der Waals surface area contributed by atoms with E-state index in [0.717, 1.165) is 19.6 Å². The van der Waals surface area contributed by atoms with Crippen molar-refractivity contribution in [2.45, 2.75) is 57.6 Å². The summed E-state index contributed by atoms with van der Waals surface area (Å²) in [7, 11) is 3.64. The molecule has 102 valence electrons. The quantitative estimate of drug-likeness (QED) is 0.675. The molecule has 1 aliphatic rings. The summed E-state index contributed by atoms with van der Waals surface area (Å²) in [5, 5.41) is 3.69. The Morgan fingerprint density at radius 2 is 2.00 bits per heavy atom. The second kappa shape index (κ2) is 7.34. The van der Waals surface area contributed by atoms with Crippen molar-refractivity contribution in [3.05, 3.63) is 0 Å². The molecule has 3 heteroatoms. The van der Waals surface area contributed by atoms with E-state index >= 15 is 0 Å². The van der Waals surface area contributed by atoms with Gasteiger partial charge < -0.3 is 14.8 Å². The van der Waals surface area contributed by atoms with E-state index in [2.05, 4.69) is 19.2 Å². The van der Waals surface area contributed by atoms with Gasteiger partial charge in [-0.2, -0.15) is 0 Å². The van der Waals surface area contributed by atoms with Crippen molar-refractivity contribution >= 4 is 0 Å². The largest absolute Gasteiger partial charge is 0.385 e. The van der Waals surface area contributed by atoms with Gasteiger partial charge in [-0.3, -0.25) is 0 Å². The fourth-order valence-corrected chi connectivity index (χ4v) is 2.84. The van der Waals surface area contributed by atoms with Crippen LogP contribution in [0.3, 0.4) is 0 Å². The van der Waals surface area contributed by atoms with Crippen molar-refractivity contribution in [2.24, 2.45) is 5.92 Å². The van der Waals surface area contributed by atoms with Gasteiger partial charge in [0.15, 0.2) is 0 Å². The fraction of sp³-hybridized carbons (Fsp3) is 1.00. The minimum Gasteiger partial charge on any atom is -0.385 e. The summed E-state index contributed by atoms with van der Waals surface area (Å²) in [4.78, 5) is 0. The first-order chi connectivity index (χ1) is 8.20. The summed E-state index contributed by atoms with van der Waals surface area (Å²) in [6.45, 7) is 6.44. The molecule has 0 saturated heterocycles. The predicted octanol–water partition coefficient (Wildman–Crippen LogP) is 2.60. The first-order valence-electron chi connectivity index (χ1n) is 6.97. The predicted molar refractivity (Wildman–Crippen MR) is 71.3 cm³/mol. The van der Waals surface area contributed by atoms with Crippen LogP contribution in [0.2, 0.25) is 0 Å². The molecular formula is C14H29NO2. The first-order valence-corrected chi connectivity index (χ1v) is 6.97. The highest BCUT2D eigenvalue weighted by molar-refractivity contribution is 5.01. The topological polar surface area (TPSA) is 30.5 Å². The van der Waals surface area contributed by atoms with Crippen LogP contribution < -0.4 is 5.32 Å². The van der Waals surface area contributed by atoms with Crippen LogP contribution in [0.4, 0.5) is 0 Å². The molecule has 0 amide bonds. The second-order valence-electron chi connectivity index (χ2n) is 5.31. The molecule has 0 aromatic carbocycles. The summed E-state index contributed by atoms with van der Waals surface area (Å²) < 4.78 is 11.0. The normalized spacial score (nSPS) is 21.9. The van der Waals surface area contributed by atoms with Crippen molar-refractivity contribution < 1.29 is 9.47 Å². The fourth-order valence-electron chi connectivity index (χ4n) is 2.84. The SMILES string of the molecule is CCCNC(C(C)CCOC)C1(OC)CCC1. The van der Waals surface area contributed by atoms with E-state index < -0.39 is 0 Å². The third-order valence-electron chi connectivity index (χ3n) is 4.13. The van der Waals surface area contributed by atoms with E-state index in [1.165, 1.54) is 25.7 Å². The summed E-state index contributed by atoms with van der Waals surface area (Å²) in [6, 6.07) is 0.469. The molecule has 1 N–H and O–H groups in total. The zero-order chi connectivity index (χ0) is 12.7. The average Bonchev–Trinajstić information content (AvgIpc) is 2.29. The number of nitrogens with one attached hydrogen (secondary N) is 1. The van der Waals surface area contributed by atoms with Crippen molar-refractivity contribution in [3.8, 4) is 0 Å². The van der Waals surface area contributed by atoms with E-state index in [1.54, 1.807) is 7.11 Å². The minimum absolute atomic E-state index is 0.0856. The number of hydrogen-bond donors (Lipinski definition) is 1. The standard InChI is InChI=1S/C14H29NO2/c1-5-10-15-13(12(2)7-11-16-3)14(17-4)8-6-9-14/h12-13,15H,5-11H2,1-4H3. The molecule has 1 rings (SSSR count). The van der Waals surface area contributed by atoms with Crippen molar-refractivity contribution in [1.29, 1.82) is 0 Å². The van der Waals surface area contributed by atoms with Gasteiger partial charge in [-0.25, -0.2) is 0 Å². The van der Waals surface area contributed by atoms with Crippen LogP contribution in [-0.2, 0) is 9.47 Å². The molecule has 17 heavy (non-hydrogen) atoms. The molecular weight excluding hydrogens is 214 g/mol. The lowest BCUT2D eigenvalue weighted by Crippen LogP contribution is -2.59. The maximum Gasteiger partial charge on any atom is 0.0833 e. The molecule has 1 saturated carbocycles. The average molecular weight is 243 g/mol. The molecule has 2 atom stereocenters. The Morgan fingerprint density at radius 1 is 1.29 bits per heavy atom. The zero-order valence-electron chi connectivity index (χ0n) is 11.9. The Bertz CT molecular complexity index is 199. The van der Waals surface area contributed by atoms with Gasteiger partial charge in [-0.15, -0.1) is 0 Å². The molecule has 1 fully saturated rings. The molecule has 3 nitrogen and oxygen atoms in total. The molecule has 0 heterocycles. The molecule has 1 aliphatic carbocycles. The maximum absolute atomic E-state index is 5.83. The molecule has 0 aromatic heterocycles. The van der Waals surface area contributed by atoms with Crippen molar-refractivity contribution in [2.75, 3.05) is 27.4 Å². The van der Waals surface area contributed by atoms with Crippen LogP contribution in [0.1, 0.15) is 46.0 Å².